The lowest BCUT2D eigenvalue weighted by Crippen LogP contribution is -2.26. The van der Waals surface area contributed by atoms with Crippen LogP contribution in [0.5, 0.6) is 11.5 Å². The quantitative estimate of drug-likeness (QED) is 0.821. The number of nitrogens with one attached hydrogen (secondary N) is 1. The minimum absolute atomic E-state index is 0.402. The molecule has 0 spiro atoms. The van der Waals surface area contributed by atoms with E-state index in [1.165, 1.54) is 0 Å². The van der Waals surface area contributed by atoms with Crippen molar-refractivity contribution in [1.82, 2.24) is 0 Å². The molecule has 0 aliphatic carbocycles. The number of benzene rings is 2. The van der Waals surface area contributed by atoms with E-state index >= 15 is 0 Å². The maximum Gasteiger partial charge on any atom is 0.256 e. The van der Waals surface area contributed by atoms with Crippen molar-refractivity contribution in [3.8, 4) is 11.5 Å². The molecular weight excluding hydrogens is 284 g/mol. The summed E-state index contributed by atoms with van der Waals surface area (Å²) < 4.78 is 10.6. The number of amides is 2. The SMILES string of the molecule is NC(=O)[C@@H]1O[C@@H]1C(=O)Nc1cccc(Oc2ccccc2)c1. The molecule has 2 aromatic carbocycles. The Morgan fingerprint density at radius 1 is 1.00 bits per heavy atom. The predicted octanol–water partition coefficient (Wildman–Crippen LogP) is 1.67. The summed E-state index contributed by atoms with van der Waals surface area (Å²) in [7, 11) is 0. The predicted molar refractivity (Wildman–Crippen MR) is 79.4 cm³/mol. The van der Waals surface area contributed by atoms with Crippen LogP contribution in [0.1, 0.15) is 0 Å². The van der Waals surface area contributed by atoms with Gasteiger partial charge >= 0.3 is 0 Å². The van der Waals surface area contributed by atoms with E-state index in [1.54, 1.807) is 24.3 Å². The Labute approximate surface area is 126 Å². The van der Waals surface area contributed by atoms with Crippen molar-refractivity contribution < 1.29 is 19.1 Å². The first-order valence-corrected chi connectivity index (χ1v) is 6.72. The molecular formula is C16H14N2O4. The number of epoxide rings is 1. The van der Waals surface area contributed by atoms with Crippen LogP contribution >= 0.6 is 0 Å². The molecule has 1 heterocycles. The molecule has 1 aliphatic rings. The molecule has 3 N–H and O–H groups in total. The van der Waals surface area contributed by atoms with E-state index in [1.807, 2.05) is 30.3 Å². The van der Waals surface area contributed by atoms with E-state index in [4.69, 9.17) is 15.2 Å². The summed E-state index contributed by atoms with van der Waals surface area (Å²) in [4.78, 5) is 22.8. The maximum absolute atomic E-state index is 11.9. The second kappa shape index (κ2) is 5.87. The van der Waals surface area contributed by atoms with Crippen LogP contribution in [0, 0.1) is 0 Å². The van der Waals surface area contributed by atoms with Crippen LogP contribution in [0.25, 0.3) is 0 Å². The van der Waals surface area contributed by atoms with Crippen LogP contribution in [-0.4, -0.2) is 24.0 Å². The number of anilines is 1. The molecule has 0 saturated carbocycles. The van der Waals surface area contributed by atoms with Gasteiger partial charge < -0.3 is 20.5 Å². The fourth-order valence-electron chi connectivity index (χ4n) is 2.00. The van der Waals surface area contributed by atoms with Crippen LogP contribution in [0.4, 0.5) is 5.69 Å². The molecule has 1 fully saturated rings. The van der Waals surface area contributed by atoms with Crippen molar-refractivity contribution in [3.63, 3.8) is 0 Å². The Kier molecular flexibility index (Phi) is 3.76. The molecule has 22 heavy (non-hydrogen) atoms. The Morgan fingerprint density at radius 2 is 1.73 bits per heavy atom. The first-order chi connectivity index (χ1) is 10.6. The third-order valence-corrected chi connectivity index (χ3v) is 3.11. The van der Waals surface area contributed by atoms with E-state index in [0.717, 1.165) is 0 Å². The van der Waals surface area contributed by atoms with Crippen LogP contribution in [0.2, 0.25) is 0 Å². The second-order valence-electron chi connectivity index (χ2n) is 4.81. The van der Waals surface area contributed by atoms with Gasteiger partial charge in [0.1, 0.15) is 11.5 Å². The first-order valence-electron chi connectivity index (χ1n) is 6.72. The standard InChI is InChI=1S/C16H14N2O4/c17-15(19)13-14(22-13)16(20)18-10-5-4-8-12(9-10)21-11-6-2-1-3-7-11/h1-9,13-14H,(H2,17,19)(H,18,20)/t13-,14+/m1/s1. The van der Waals surface area contributed by atoms with Gasteiger partial charge in [-0.25, -0.2) is 0 Å². The molecule has 3 rings (SSSR count). The van der Waals surface area contributed by atoms with Gasteiger partial charge in [-0.1, -0.05) is 24.3 Å². The topological polar surface area (TPSA) is 94.0 Å². The monoisotopic (exact) mass is 298 g/mol. The number of para-hydroxylation sites is 1. The summed E-state index contributed by atoms with van der Waals surface area (Å²) in [5.41, 5.74) is 5.62. The van der Waals surface area contributed by atoms with Crippen LogP contribution < -0.4 is 15.8 Å². The molecule has 0 bridgehead atoms. The number of primary amides is 1. The van der Waals surface area contributed by atoms with Gasteiger partial charge in [-0.2, -0.15) is 0 Å². The number of hydrogen-bond donors (Lipinski definition) is 2. The molecule has 6 heteroatoms. The zero-order valence-electron chi connectivity index (χ0n) is 11.6. The average Bonchev–Trinajstić information content (AvgIpc) is 3.29. The molecule has 2 aromatic rings. The third-order valence-electron chi connectivity index (χ3n) is 3.11. The van der Waals surface area contributed by atoms with Crippen molar-refractivity contribution in [2.45, 2.75) is 12.2 Å². The normalized spacial score (nSPS) is 19.3. The van der Waals surface area contributed by atoms with E-state index in [2.05, 4.69) is 5.32 Å². The van der Waals surface area contributed by atoms with Gasteiger partial charge in [-0.05, 0) is 24.3 Å². The number of carbonyl (C=O) groups excluding carboxylic acids is 2. The third kappa shape index (κ3) is 3.24. The highest BCUT2D eigenvalue weighted by molar-refractivity contribution is 6.01. The minimum atomic E-state index is -0.830. The molecule has 2 amide bonds. The lowest BCUT2D eigenvalue weighted by molar-refractivity contribution is -0.120. The van der Waals surface area contributed by atoms with Crippen LogP contribution in [0.3, 0.4) is 0 Å². The van der Waals surface area contributed by atoms with Gasteiger partial charge in [-0.15, -0.1) is 0 Å². The zero-order valence-corrected chi connectivity index (χ0v) is 11.6. The Balaban J connectivity index is 1.64. The maximum atomic E-state index is 11.9. The van der Waals surface area contributed by atoms with Crippen molar-refractivity contribution >= 4 is 17.5 Å². The molecule has 112 valence electrons. The van der Waals surface area contributed by atoms with Gasteiger partial charge in [0.15, 0.2) is 12.2 Å². The van der Waals surface area contributed by atoms with Crippen molar-refractivity contribution in [3.05, 3.63) is 54.6 Å². The summed E-state index contributed by atoms with van der Waals surface area (Å²) >= 11 is 0. The number of carbonyl (C=O) groups is 2. The molecule has 6 nitrogen and oxygen atoms in total. The largest absolute Gasteiger partial charge is 0.457 e. The van der Waals surface area contributed by atoms with E-state index in [9.17, 15) is 9.59 Å². The Morgan fingerprint density at radius 3 is 2.41 bits per heavy atom. The molecule has 1 saturated heterocycles. The van der Waals surface area contributed by atoms with Crippen molar-refractivity contribution in [2.24, 2.45) is 5.73 Å². The van der Waals surface area contributed by atoms with E-state index in [-0.39, 0.29) is 0 Å². The van der Waals surface area contributed by atoms with Gasteiger partial charge in [0.25, 0.3) is 5.91 Å². The van der Waals surface area contributed by atoms with Crippen LogP contribution in [0.15, 0.2) is 54.6 Å². The molecule has 0 aromatic heterocycles. The number of nitrogens with two attached hydrogens (primary N) is 1. The highest BCUT2D eigenvalue weighted by Gasteiger charge is 2.49. The van der Waals surface area contributed by atoms with E-state index in [0.29, 0.717) is 17.2 Å². The summed E-state index contributed by atoms with van der Waals surface area (Å²) in [5, 5.41) is 2.66. The smallest absolute Gasteiger partial charge is 0.256 e. The fraction of sp³-hybridized carbons (Fsp3) is 0.125. The summed E-state index contributed by atoms with van der Waals surface area (Å²) in [6, 6.07) is 16.3. The summed E-state index contributed by atoms with van der Waals surface area (Å²) in [6.07, 6.45) is -1.64. The molecule has 0 radical (unpaired) electrons. The Bertz CT molecular complexity index is 702. The minimum Gasteiger partial charge on any atom is -0.457 e. The zero-order chi connectivity index (χ0) is 15.5. The fourth-order valence-corrected chi connectivity index (χ4v) is 2.00. The Hall–Kier alpha value is -2.86. The second-order valence-corrected chi connectivity index (χ2v) is 4.81. The summed E-state index contributed by atoms with van der Waals surface area (Å²) in [6.45, 7) is 0. The number of ether oxygens (including phenoxy) is 2. The van der Waals surface area contributed by atoms with E-state index < -0.39 is 24.0 Å². The first kappa shape index (κ1) is 14.1. The van der Waals surface area contributed by atoms with Crippen LogP contribution in [-0.2, 0) is 14.3 Å². The van der Waals surface area contributed by atoms with Crippen molar-refractivity contribution in [1.29, 1.82) is 0 Å². The van der Waals surface area contributed by atoms with Gasteiger partial charge in [-0.3, -0.25) is 9.59 Å². The average molecular weight is 298 g/mol. The van der Waals surface area contributed by atoms with Crippen molar-refractivity contribution in [2.75, 3.05) is 5.32 Å². The molecule has 0 unspecified atom stereocenters. The van der Waals surface area contributed by atoms with Gasteiger partial charge in [0.2, 0.25) is 5.91 Å². The lowest BCUT2D eigenvalue weighted by Gasteiger charge is -2.08. The number of hydrogen-bond acceptors (Lipinski definition) is 4. The molecule has 2 atom stereocenters. The molecule has 1 aliphatic heterocycles. The number of rotatable bonds is 5. The lowest BCUT2D eigenvalue weighted by atomic mass is 10.2. The highest BCUT2D eigenvalue weighted by Crippen LogP contribution is 2.26. The highest BCUT2D eigenvalue weighted by atomic mass is 16.6. The van der Waals surface area contributed by atoms with Gasteiger partial charge in [0, 0.05) is 11.8 Å². The summed E-state index contributed by atoms with van der Waals surface area (Å²) in [5.74, 6) is 0.249. The van der Waals surface area contributed by atoms with Gasteiger partial charge in [0.05, 0.1) is 0 Å².